The van der Waals surface area contributed by atoms with Gasteiger partial charge in [-0.25, -0.2) is 8.42 Å². The fourth-order valence-corrected chi connectivity index (χ4v) is 2.90. The maximum Gasteiger partial charge on any atom is 0.177 e. The van der Waals surface area contributed by atoms with Crippen LogP contribution in [-0.2, 0) is 9.84 Å². The largest absolute Gasteiger partial charge is 0.491 e. The van der Waals surface area contributed by atoms with Crippen molar-refractivity contribution < 1.29 is 13.2 Å². The predicted molar refractivity (Wildman–Crippen MR) is 82.8 cm³/mol. The number of unbranched alkanes of at least 4 members (excludes halogenated alkanes) is 1. The Bertz CT molecular complexity index is 526. The van der Waals surface area contributed by atoms with E-state index in [0.29, 0.717) is 18.3 Å². The summed E-state index contributed by atoms with van der Waals surface area (Å²) in [6.45, 7) is 4.88. The van der Waals surface area contributed by atoms with Gasteiger partial charge < -0.3 is 10.5 Å². The lowest BCUT2D eigenvalue weighted by Gasteiger charge is -2.17. The fraction of sp³-hybridized carbons (Fsp3) is 0.600. The molecule has 0 spiro atoms. The molecular weight excluding hydrogens is 274 g/mol. The molecular formula is C15H25NO3S. The van der Waals surface area contributed by atoms with Gasteiger partial charge in [0.15, 0.2) is 9.84 Å². The van der Waals surface area contributed by atoms with E-state index < -0.39 is 9.84 Å². The summed E-state index contributed by atoms with van der Waals surface area (Å²) in [5, 5.41) is 0. The molecule has 1 aromatic rings. The van der Waals surface area contributed by atoms with Gasteiger partial charge in [-0.3, -0.25) is 0 Å². The van der Waals surface area contributed by atoms with Crippen LogP contribution in [0.25, 0.3) is 0 Å². The second-order valence-corrected chi connectivity index (χ2v) is 7.15. The molecule has 1 rings (SSSR count). The molecule has 1 unspecified atom stereocenters. The number of benzene rings is 1. The summed E-state index contributed by atoms with van der Waals surface area (Å²) in [7, 11) is -3.32. The SMILES string of the molecule is CCCCC(CC)COc1cccc(S(C)(=O)=O)c1N. The quantitative estimate of drug-likeness (QED) is 0.748. The van der Waals surface area contributed by atoms with Crippen molar-refractivity contribution in [1.29, 1.82) is 0 Å². The van der Waals surface area contributed by atoms with Crippen molar-refractivity contribution in [2.24, 2.45) is 5.92 Å². The summed E-state index contributed by atoms with van der Waals surface area (Å²) in [6.07, 6.45) is 5.67. The molecule has 5 heteroatoms. The number of ether oxygens (including phenoxy) is 1. The van der Waals surface area contributed by atoms with Gasteiger partial charge in [0.05, 0.1) is 17.2 Å². The minimum atomic E-state index is -3.32. The van der Waals surface area contributed by atoms with E-state index in [1.54, 1.807) is 12.1 Å². The Morgan fingerprint density at radius 2 is 2.00 bits per heavy atom. The zero-order valence-electron chi connectivity index (χ0n) is 12.6. The molecule has 2 N–H and O–H groups in total. The third-order valence-corrected chi connectivity index (χ3v) is 4.60. The number of para-hydroxylation sites is 1. The summed E-state index contributed by atoms with van der Waals surface area (Å²) in [4.78, 5) is 0.136. The number of hydrogen-bond donors (Lipinski definition) is 1. The van der Waals surface area contributed by atoms with Crippen molar-refractivity contribution in [3.63, 3.8) is 0 Å². The average molecular weight is 299 g/mol. The van der Waals surface area contributed by atoms with E-state index in [9.17, 15) is 8.42 Å². The monoisotopic (exact) mass is 299 g/mol. The minimum absolute atomic E-state index is 0.136. The topological polar surface area (TPSA) is 69.4 Å². The van der Waals surface area contributed by atoms with Crippen molar-refractivity contribution >= 4 is 15.5 Å². The first-order valence-electron chi connectivity index (χ1n) is 7.11. The molecule has 0 aliphatic carbocycles. The number of sulfone groups is 1. The van der Waals surface area contributed by atoms with Gasteiger partial charge in [-0.15, -0.1) is 0 Å². The third-order valence-electron chi connectivity index (χ3n) is 3.44. The lowest BCUT2D eigenvalue weighted by Crippen LogP contribution is -2.13. The molecule has 1 aromatic carbocycles. The molecule has 0 saturated heterocycles. The highest BCUT2D eigenvalue weighted by molar-refractivity contribution is 7.90. The van der Waals surface area contributed by atoms with Crippen LogP contribution in [0.3, 0.4) is 0 Å². The molecule has 0 aromatic heterocycles. The van der Waals surface area contributed by atoms with Crippen LogP contribution >= 0.6 is 0 Å². The Morgan fingerprint density at radius 3 is 2.55 bits per heavy atom. The Balaban J connectivity index is 2.78. The van der Waals surface area contributed by atoms with Crippen LogP contribution < -0.4 is 10.5 Å². The first kappa shape index (κ1) is 16.8. The Morgan fingerprint density at radius 1 is 1.30 bits per heavy atom. The number of nitrogens with two attached hydrogens (primary N) is 1. The lowest BCUT2D eigenvalue weighted by molar-refractivity contribution is 0.234. The van der Waals surface area contributed by atoms with Crippen LogP contribution in [0.1, 0.15) is 39.5 Å². The zero-order chi connectivity index (χ0) is 15.2. The second kappa shape index (κ2) is 7.53. The summed E-state index contributed by atoms with van der Waals surface area (Å²) < 4.78 is 28.9. The molecule has 0 heterocycles. The number of hydrogen-bond acceptors (Lipinski definition) is 4. The van der Waals surface area contributed by atoms with Gasteiger partial charge in [-0.1, -0.05) is 39.2 Å². The van der Waals surface area contributed by atoms with E-state index in [1.165, 1.54) is 18.9 Å². The average Bonchev–Trinajstić information content (AvgIpc) is 2.39. The maximum atomic E-state index is 11.6. The van der Waals surface area contributed by atoms with Gasteiger partial charge in [0, 0.05) is 6.26 Å². The Kier molecular flexibility index (Phi) is 6.33. The molecule has 4 nitrogen and oxygen atoms in total. The van der Waals surface area contributed by atoms with Crippen LogP contribution in [0.2, 0.25) is 0 Å². The van der Waals surface area contributed by atoms with Gasteiger partial charge in [0.2, 0.25) is 0 Å². The van der Waals surface area contributed by atoms with Crippen molar-refractivity contribution in [3.05, 3.63) is 18.2 Å². The minimum Gasteiger partial charge on any atom is -0.491 e. The van der Waals surface area contributed by atoms with E-state index in [0.717, 1.165) is 19.1 Å². The van der Waals surface area contributed by atoms with Crippen molar-refractivity contribution in [2.75, 3.05) is 18.6 Å². The summed E-state index contributed by atoms with van der Waals surface area (Å²) >= 11 is 0. The van der Waals surface area contributed by atoms with Gasteiger partial charge >= 0.3 is 0 Å². The van der Waals surface area contributed by atoms with Gasteiger partial charge in [-0.05, 0) is 24.5 Å². The Hall–Kier alpha value is -1.23. The first-order valence-corrected chi connectivity index (χ1v) is 9.00. The maximum absolute atomic E-state index is 11.6. The van der Waals surface area contributed by atoms with Gasteiger partial charge in [0.25, 0.3) is 0 Å². The second-order valence-electron chi connectivity index (χ2n) is 5.17. The number of nitrogen functional groups attached to an aromatic ring is 1. The predicted octanol–water partition coefficient (Wildman–Crippen LogP) is 3.27. The smallest absolute Gasteiger partial charge is 0.177 e. The molecule has 114 valence electrons. The molecule has 0 fully saturated rings. The molecule has 20 heavy (non-hydrogen) atoms. The summed E-state index contributed by atoms with van der Waals surface area (Å²) in [6, 6.07) is 4.89. The van der Waals surface area contributed by atoms with E-state index >= 15 is 0 Å². The van der Waals surface area contributed by atoms with E-state index in [2.05, 4.69) is 13.8 Å². The van der Waals surface area contributed by atoms with E-state index in [4.69, 9.17) is 10.5 Å². The molecule has 0 aliphatic rings. The molecule has 0 radical (unpaired) electrons. The van der Waals surface area contributed by atoms with Crippen molar-refractivity contribution in [2.45, 2.75) is 44.4 Å². The van der Waals surface area contributed by atoms with Crippen molar-refractivity contribution in [1.82, 2.24) is 0 Å². The van der Waals surface area contributed by atoms with Crippen LogP contribution in [-0.4, -0.2) is 21.3 Å². The molecule has 0 amide bonds. The normalized spacial score (nSPS) is 13.2. The van der Waals surface area contributed by atoms with Gasteiger partial charge in [-0.2, -0.15) is 0 Å². The highest BCUT2D eigenvalue weighted by Gasteiger charge is 2.15. The first-order chi connectivity index (χ1) is 9.40. The standard InChI is InChI=1S/C15H25NO3S/c1-4-6-8-12(5-2)11-19-13-9-7-10-14(15(13)16)20(3,17)18/h7,9-10,12H,4-6,8,11,16H2,1-3H3. The molecule has 1 atom stereocenters. The van der Waals surface area contributed by atoms with Crippen LogP contribution in [0.5, 0.6) is 5.75 Å². The van der Waals surface area contributed by atoms with E-state index in [-0.39, 0.29) is 10.6 Å². The summed E-state index contributed by atoms with van der Waals surface area (Å²) in [5.74, 6) is 0.944. The number of rotatable bonds is 8. The van der Waals surface area contributed by atoms with Crippen LogP contribution in [0.15, 0.2) is 23.1 Å². The third kappa shape index (κ3) is 4.71. The summed E-state index contributed by atoms with van der Waals surface area (Å²) in [5.41, 5.74) is 6.10. The zero-order valence-corrected chi connectivity index (χ0v) is 13.4. The molecule has 0 saturated carbocycles. The Labute approximate surface area is 122 Å². The van der Waals surface area contributed by atoms with Crippen LogP contribution in [0.4, 0.5) is 5.69 Å². The van der Waals surface area contributed by atoms with Gasteiger partial charge in [0.1, 0.15) is 5.75 Å². The highest BCUT2D eigenvalue weighted by Crippen LogP contribution is 2.29. The highest BCUT2D eigenvalue weighted by atomic mass is 32.2. The molecule has 0 aliphatic heterocycles. The number of anilines is 1. The van der Waals surface area contributed by atoms with E-state index in [1.807, 2.05) is 0 Å². The van der Waals surface area contributed by atoms with Crippen LogP contribution in [0, 0.1) is 5.92 Å². The lowest BCUT2D eigenvalue weighted by atomic mass is 10.0. The van der Waals surface area contributed by atoms with Crippen molar-refractivity contribution in [3.8, 4) is 5.75 Å². The fourth-order valence-electron chi connectivity index (χ4n) is 2.08. The molecule has 0 bridgehead atoms.